The molecule has 0 spiro atoms. The molecule has 0 aliphatic rings. The van der Waals surface area contributed by atoms with E-state index >= 15 is 0 Å². The number of nitrogens with zero attached hydrogens (tertiary/aromatic N) is 2. The maximum atomic E-state index is 13.1. The molecule has 1 rings (SSSR count). The predicted octanol–water partition coefficient (Wildman–Crippen LogP) is 1.14. The molecule has 4 N–H and O–H groups in total. The molecule has 0 aromatic heterocycles. The standard InChI is InChI=1S/C12H15FN4O/c1-2-5-18-8-10-6-11(13)4-3-9(10)7-16-17-12(14)15/h2-4,6-7H,1,5,8H2,(H4,14,15,17). The molecule has 6 heteroatoms. The Kier molecular flexibility index (Phi) is 5.53. The Bertz CT molecular complexity index is 467. The van der Waals surface area contributed by atoms with E-state index in [1.165, 1.54) is 18.3 Å². The smallest absolute Gasteiger partial charge is 0.211 e. The molecule has 0 amide bonds. The van der Waals surface area contributed by atoms with E-state index in [0.29, 0.717) is 17.7 Å². The quantitative estimate of drug-likeness (QED) is 0.261. The number of halogens is 1. The average Bonchev–Trinajstić information content (AvgIpc) is 2.32. The summed E-state index contributed by atoms with van der Waals surface area (Å²) in [6.45, 7) is 4.18. The zero-order valence-electron chi connectivity index (χ0n) is 9.84. The molecule has 0 atom stereocenters. The zero-order valence-corrected chi connectivity index (χ0v) is 9.84. The molecule has 96 valence electrons. The van der Waals surface area contributed by atoms with Gasteiger partial charge in [0.05, 0.1) is 19.4 Å². The highest BCUT2D eigenvalue weighted by Gasteiger charge is 2.02. The fourth-order valence-electron chi connectivity index (χ4n) is 1.24. The lowest BCUT2D eigenvalue weighted by molar-refractivity contribution is 0.148. The molecule has 0 heterocycles. The molecule has 0 bridgehead atoms. The second kappa shape index (κ2) is 7.18. The minimum Gasteiger partial charge on any atom is -0.373 e. The summed E-state index contributed by atoms with van der Waals surface area (Å²) in [6, 6.07) is 4.28. The first-order valence-electron chi connectivity index (χ1n) is 5.22. The van der Waals surface area contributed by atoms with Crippen LogP contribution in [0.15, 0.2) is 41.1 Å². The fourth-order valence-corrected chi connectivity index (χ4v) is 1.24. The number of benzene rings is 1. The second-order valence-electron chi connectivity index (χ2n) is 3.42. The highest BCUT2D eigenvalue weighted by molar-refractivity contribution is 5.83. The van der Waals surface area contributed by atoms with E-state index in [2.05, 4.69) is 16.8 Å². The summed E-state index contributed by atoms with van der Waals surface area (Å²) in [7, 11) is 0. The predicted molar refractivity (Wildman–Crippen MR) is 69.7 cm³/mol. The van der Waals surface area contributed by atoms with Crippen molar-refractivity contribution in [1.82, 2.24) is 0 Å². The van der Waals surface area contributed by atoms with E-state index in [4.69, 9.17) is 16.2 Å². The number of hydrogen-bond donors (Lipinski definition) is 2. The van der Waals surface area contributed by atoms with Gasteiger partial charge in [-0.1, -0.05) is 12.1 Å². The third-order valence-corrected chi connectivity index (χ3v) is 1.97. The molecule has 0 radical (unpaired) electrons. The van der Waals surface area contributed by atoms with Gasteiger partial charge in [0.2, 0.25) is 5.96 Å². The fraction of sp³-hybridized carbons (Fsp3) is 0.167. The molecule has 1 aromatic carbocycles. The summed E-state index contributed by atoms with van der Waals surface area (Å²) in [4.78, 5) is 0. The van der Waals surface area contributed by atoms with Crippen molar-refractivity contribution in [2.24, 2.45) is 21.7 Å². The Morgan fingerprint density at radius 3 is 2.89 bits per heavy atom. The largest absolute Gasteiger partial charge is 0.373 e. The first-order valence-corrected chi connectivity index (χ1v) is 5.22. The monoisotopic (exact) mass is 250 g/mol. The van der Waals surface area contributed by atoms with Crippen LogP contribution in [0.3, 0.4) is 0 Å². The molecule has 1 aromatic rings. The first-order chi connectivity index (χ1) is 8.63. The van der Waals surface area contributed by atoms with Gasteiger partial charge in [-0.25, -0.2) is 4.39 Å². The van der Waals surface area contributed by atoms with Gasteiger partial charge in [-0.3, -0.25) is 0 Å². The van der Waals surface area contributed by atoms with Crippen molar-refractivity contribution in [2.75, 3.05) is 6.61 Å². The van der Waals surface area contributed by atoms with Crippen LogP contribution in [0.4, 0.5) is 4.39 Å². The van der Waals surface area contributed by atoms with Gasteiger partial charge in [-0.15, -0.1) is 11.7 Å². The van der Waals surface area contributed by atoms with Crippen LogP contribution in [0, 0.1) is 5.82 Å². The third-order valence-electron chi connectivity index (χ3n) is 1.97. The molecule has 0 aliphatic carbocycles. The Labute approximate surface area is 105 Å². The van der Waals surface area contributed by atoms with Crippen LogP contribution >= 0.6 is 0 Å². The Morgan fingerprint density at radius 2 is 2.22 bits per heavy atom. The first kappa shape index (κ1) is 13.9. The average molecular weight is 250 g/mol. The van der Waals surface area contributed by atoms with Crippen LogP contribution in [-0.2, 0) is 11.3 Å². The lowest BCUT2D eigenvalue weighted by Gasteiger charge is -2.05. The van der Waals surface area contributed by atoms with Crippen molar-refractivity contribution < 1.29 is 9.13 Å². The van der Waals surface area contributed by atoms with E-state index in [1.54, 1.807) is 12.1 Å². The summed E-state index contributed by atoms with van der Waals surface area (Å²) in [6.07, 6.45) is 3.05. The molecule has 5 nitrogen and oxygen atoms in total. The second-order valence-corrected chi connectivity index (χ2v) is 3.42. The number of nitrogens with two attached hydrogens (primary N) is 2. The lowest BCUT2D eigenvalue weighted by Crippen LogP contribution is -2.21. The van der Waals surface area contributed by atoms with Gasteiger partial charge < -0.3 is 16.2 Å². The zero-order chi connectivity index (χ0) is 13.4. The van der Waals surface area contributed by atoms with Gasteiger partial charge in [0.1, 0.15) is 5.82 Å². The normalized spacial score (nSPS) is 10.5. The van der Waals surface area contributed by atoms with Crippen LogP contribution in [0.2, 0.25) is 0 Å². The van der Waals surface area contributed by atoms with Gasteiger partial charge in [0.25, 0.3) is 0 Å². The molecule has 18 heavy (non-hydrogen) atoms. The van der Waals surface area contributed by atoms with Crippen molar-refractivity contribution in [3.05, 3.63) is 47.8 Å². The minimum absolute atomic E-state index is 0.141. The van der Waals surface area contributed by atoms with E-state index in [0.717, 1.165) is 0 Å². The van der Waals surface area contributed by atoms with E-state index < -0.39 is 0 Å². The highest BCUT2D eigenvalue weighted by Crippen LogP contribution is 2.11. The van der Waals surface area contributed by atoms with Gasteiger partial charge in [0, 0.05) is 5.56 Å². The van der Waals surface area contributed by atoms with Crippen LogP contribution in [0.5, 0.6) is 0 Å². The van der Waals surface area contributed by atoms with Crippen LogP contribution in [0.25, 0.3) is 0 Å². The van der Waals surface area contributed by atoms with Gasteiger partial charge in [-0.05, 0) is 17.7 Å². The molecule has 0 aliphatic heterocycles. The van der Waals surface area contributed by atoms with E-state index in [9.17, 15) is 4.39 Å². The maximum Gasteiger partial charge on any atom is 0.211 e. The highest BCUT2D eigenvalue weighted by atomic mass is 19.1. The summed E-state index contributed by atoms with van der Waals surface area (Å²) < 4.78 is 18.4. The summed E-state index contributed by atoms with van der Waals surface area (Å²) >= 11 is 0. The molecule has 0 saturated carbocycles. The summed E-state index contributed by atoms with van der Waals surface area (Å²) in [5.74, 6) is -0.482. The van der Waals surface area contributed by atoms with Crippen LogP contribution in [-0.4, -0.2) is 18.8 Å². The van der Waals surface area contributed by atoms with Gasteiger partial charge in [-0.2, -0.15) is 5.10 Å². The summed E-state index contributed by atoms with van der Waals surface area (Å²) in [5.41, 5.74) is 11.6. The molecular formula is C12H15FN4O. The molecule has 0 unspecified atom stereocenters. The SMILES string of the molecule is C=CCOCc1cc(F)ccc1C=NN=C(N)N. The Hall–Kier alpha value is -2.21. The Balaban J connectivity index is 2.85. The van der Waals surface area contributed by atoms with E-state index in [1.807, 2.05) is 0 Å². The van der Waals surface area contributed by atoms with Crippen molar-refractivity contribution in [3.8, 4) is 0 Å². The topological polar surface area (TPSA) is 86.0 Å². The maximum absolute atomic E-state index is 13.1. The van der Waals surface area contributed by atoms with Crippen LogP contribution in [0.1, 0.15) is 11.1 Å². The van der Waals surface area contributed by atoms with Crippen molar-refractivity contribution in [2.45, 2.75) is 6.61 Å². The Morgan fingerprint density at radius 1 is 1.44 bits per heavy atom. The summed E-state index contributed by atoms with van der Waals surface area (Å²) in [5, 5.41) is 7.15. The number of hydrogen-bond acceptors (Lipinski definition) is 3. The lowest BCUT2D eigenvalue weighted by atomic mass is 10.1. The van der Waals surface area contributed by atoms with Crippen molar-refractivity contribution >= 4 is 12.2 Å². The number of rotatable bonds is 6. The van der Waals surface area contributed by atoms with Crippen LogP contribution < -0.4 is 11.5 Å². The molecule has 0 fully saturated rings. The van der Waals surface area contributed by atoms with Gasteiger partial charge >= 0.3 is 0 Å². The van der Waals surface area contributed by atoms with Crippen molar-refractivity contribution in [1.29, 1.82) is 0 Å². The molecular weight excluding hydrogens is 235 g/mol. The van der Waals surface area contributed by atoms with Gasteiger partial charge in [0.15, 0.2) is 0 Å². The number of guanidine groups is 1. The number of ether oxygens (including phenoxy) is 1. The molecule has 0 saturated heterocycles. The van der Waals surface area contributed by atoms with E-state index in [-0.39, 0.29) is 18.4 Å². The third kappa shape index (κ3) is 4.75. The minimum atomic E-state index is -0.341. The van der Waals surface area contributed by atoms with Crippen molar-refractivity contribution in [3.63, 3.8) is 0 Å².